The van der Waals surface area contributed by atoms with Gasteiger partial charge < -0.3 is 4.90 Å². The van der Waals surface area contributed by atoms with E-state index in [0.717, 1.165) is 6.54 Å². The van der Waals surface area contributed by atoms with Crippen LogP contribution in [0.1, 0.15) is 24.4 Å². The fourth-order valence-corrected chi connectivity index (χ4v) is 3.87. The number of hydrogen-bond acceptors (Lipinski definition) is 1. The van der Waals surface area contributed by atoms with Gasteiger partial charge in [0.2, 0.25) is 0 Å². The van der Waals surface area contributed by atoms with Gasteiger partial charge in [-0.1, -0.05) is 46.3 Å². The van der Waals surface area contributed by atoms with Crippen LogP contribution >= 0.6 is 31.9 Å². The summed E-state index contributed by atoms with van der Waals surface area (Å²) >= 11 is 7.36. The van der Waals surface area contributed by atoms with Crippen molar-refractivity contribution in [3.63, 3.8) is 0 Å². The van der Waals surface area contributed by atoms with Gasteiger partial charge in [0.1, 0.15) is 0 Å². The molecule has 0 bridgehead atoms. The molecule has 3 heteroatoms. The largest absolute Gasteiger partial charge is 0.364 e. The molecule has 1 heterocycles. The molecular formula is C16H15Br2N. The molecule has 2 aromatic carbocycles. The van der Waals surface area contributed by atoms with Gasteiger partial charge in [0.15, 0.2) is 0 Å². The van der Waals surface area contributed by atoms with Gasteiger partial charge in [-0.05, 0) is 52.5 Å². The maximum absolute atomic E-state index is 3.69. The van der Waals surface area contributed by atoms with Gasteiger partial charge in [-0.2, -0.15) is 0 Å². The third kappa shape index (κ3) is 2.59. The summed E-state index contributed by atoms with van der Waals surface area (Å²) in [5, 5.41) is 0. The Morgan fingerprint density at radius 1 is 0.895 bits per heavy atom. The second-order valence-corrected chi connectivity index (χ2v) is 6.53. The monoisotopic (exact) mass is 379 g/mol. The van der Waals surface area contributed by atoms with Crippen LogP contribution in [0.2, 0.25) is 0 Å². The maximum Gasteiger partial charge on any atom is 0.0554 e. The average molecular weight is 381 g/mol. The van der Waals surface area contributed by atoms with Crippen molar-refractivity contribution < 1.29 is 0 Å². The van der Waals surface area contributed by atoms with E-state index in [9.17, 15) is 0 Å². The first-order chi connectivity index (χ1) is 9.27. The Morgan fingerprint density at radius 3 is 2.32 bits per heavy atom. The lowest BCUT2D eigenvalue weighted by Gasteiger charge is -2.28. The molecule has 1 aliphatic heterocycles. The molecule has 1 atom stereocenters. The summed E-state index contributed by atoms with van der Waals surface area (Å²) in [4.78, 5) is 2.50. The zero-order valence-electron chi connectivity index (χ0n) is 10.5. The molecule has 0 aromatic heterocycles. The Hall–Kier alpha value is -0.800. The lowest BCUT2D eigenvalue weighted by molar-refractivity contribution is 0.715. The molecule has 0 radical (unpaired) electrons. The number of para-hydroxylation sites is 1. The van der Waals surface area contributed by atoms with Crippen LogP contribution in [0.3, 0.4) is 0 Å². The molecule has 0 N–H and O–H groups in total. The van der Waals surface area contributed by atoms with Crippen molar-refractivity contribution in [3.05, 3.63) is 63.0 Å². The Kier molecular flexibility index (Phi) is 3.94. The molecule has 0 aliphatic carbocycles. The first-order valence-corrected chi connectivity index (χ1v) is 8.11. The predicted molar refractivity (Wildman–Crippen MR) is 87.6 cm³/mol. The molecule has 19 heavy (non-hydrogen) atoms. The van der Waals surface area contributed by atoms with E-state index in [4.69, 9.17) is 0 Å². The second-order valence-electron chi connectivity index (χ2n) is 4.82. The minimum absolute atomic E-state index is 0.467. The normalized spacial score (nSPS) is 18.8. The number of anilines is 1. The number of benzene rings is 2. The van der Waals surface area contributed by atoms with E-state index >= 15 is 0 Å². The molecule has 1 unspecified atom stereocenters. The zero-order valence-corrected chi connectivity index (χ0v) is 13.7. The van der Waals surface area contributed by atoms with Crippen molar-refractivity contribution in [2.45, 2.75) is 18.9 Å². The van der Waals surface area contributed by atoms with Crippen molar-refractivity contribution in [2.24, 2.45) is 0 Å². The second kappa shape index (κ2) is 5.68. The zero-order chi connectivity index (χ0) is 13.2. The van der Waals surface area contributed by atoms with Gasteiger partial charge in [-0.3, -0.25) is 0 Å². The number of nitrogens with zero attached hydrogens (tertiary/aromatic N) is 1. The lowest BCUT2D eigenvalue weighted by atomic mass is 10.0. The minimum atomic E-state index is 0.467. The van der Waals surface area contributed by atoms with E-state index in [1.165, 1.54) is 33.0 Å². The summed E-state index contributed by atoms with van der Waals surface area (Å²) in [6.45, 7) is 1.12. The molecule has 1 saturated heterocycles. The summed E-state index contributed by atoms with van der Waals surface area (Å²) < 4.78 is 2.38. The van der Waals surface area contributed by atoms with Crippen LogP contribution in [0.15, 0.2) is 57.5 Å². The van der Waals surface area contributed by atoms with Crippen molar-refractivity contribution in [1.82, 2.24) is 0 Å². The Labute approximate surface area is 130 Å². The van der Waals surface area contributed by atoms with Crippen LogP contribution in [0.4, 0.5) is 5.69 Å². The number of hydrogen-bond donors (Lipinski definition) is 0. The molecule has 1 aliphatic rings. The van der Waals surface area contributed by atoms with Gasteiger partial charge in [0.25, 0.3) is 0 Å². The Morgan fingerprint density at radius 2 is 1.58 bits per heavy atom. The summed E-state index contributed by atoms with van der Waals surface area (Å²) in [6.07, 6.45) is 2.46. The van der Waals surface area contributed by atoms with E-state index in [0.29, 0.717) is 6.04 Å². The van der Waals surface area contributed by atoms with Crippen LogP contribution in [-0.2, 0) is 0 Å². The average Bonchev–Trinajstić information content (AvgIpc) is 2.89. The molecular weight excluding hydrogens is 366 g/mol. The minimum Gasteiger partial charge on any atom is -0.364 e. The number of halogens is 2. The van der Waals surface area contributed by atoms with Crippen LogP contribution in [0.25, 0.3) is 0 Å². The lowest BCUT2D eigenvalue weighted by Crippen LogP contribution is -2.23. The van der Waals surface area contributed by atoms with Crippen LogP contribution in [0, 0.1) is 0 Å². The van der Waals surface area contributed by atoms with Gasteiger partial charge in [-0.25, -0.2) is 0 Å². The highest BCUT2D eigenvalue weighted by atomic mass is 79.9. The fourth-order valence-electron chi connectivity index (χ4n) is 2.81. The fraction of sp³-hybridized carbons (Fsp3) is 0.250. The van der Waals surface area contributed by atoms with Crippen molar-refractivity contribution >= 4 is 37.5 Å². The van der Waals surface area contributed by atoms with Gasteiger partial charge in [-0.15, -0.1) is 0 Å². The topological polar surface area (TPSA) is 3.24 Å². The molecule has 98 valence electrons. The Balaban J connectivity index is 1.99. The summed E-state index contributed by atoms with van der Waals surface area (Å²) in [5.74, 6) is 0. The van der Waals surface area contributed by atoms with Crippen LogP contribution in [0.5, 0.6) is 0 Å². The SMILES string of the molecule is Brc1ccccc1C1CCCN1c1ccccc1Br. The first kappa shape index (κ1) is 13.2. The van der Waals surface area contributed by atoms with Gasteiger partial charge in [0.05, 0.1) is 11.7 Å². The van der Waals surface area contributed by atoms with Crippen molar-refractivity contribution in [1.29, 1.82) is 0 Å². The van der Waals surface area contributed by atoms with E-state index in [-0.39, 0.29) is 0 Å². The van der Waals surface area contributed by atoms with Gasteiger partial charge >= 0.3 is 0 Å². The molecule has 0 saturated carbocycles. The van der Waals surface area contributed by atoms with Crippen LogP contribution < -0.4 is 4.90 Å². The summed E-state index contributed by atoms with van der Waals surface area (Å²) in [5.41, 5.74) is 2.68. The first-order valence-electron chi connectivity index (χ1n) is 6.53. The van der Waals surface area contributed by atoms with E-state index < -0.39 is 0 Å². The molecule has 3 rings (SSSR count). The molecule has 1 fully saturated rings. The van der Waals surface area contributed by atoms with Crippen LogP contribution in [-0.4, -0.2) is 6.54 Å². The van der Waals surface area contributed by atoms with Gasteiger partial charge in [0, 0.05) is 15.5 Å². The maximum atomic E-state index is 3.69. The van der Waals surface area contributed by atoms with E-state index in [2.05, 4.69) is 85.3 Å². The molecule has 0 amide bonds. The quantitative estimate of drug-likeness (QED) is 0.659. The summed E-state index contributed by atoms with van der Waals surface area (Å²) in [7, 11) is 0. The highest BCUT2D eigenvalue weighted by Gasteiger charge is 2.28. The van der Waals surface area contributed by atoms with Crippen molar-refractivity contribution in [3.8, 4) is 0 Å². The smallest absolute Gasteiger partial charge is 0.0554 e. The van der Waals surface area contributed by atoms with Crippen molar-refractivity contribution in [2.75, 3.05) is 11.4 Å². The molecule has 2 aromatic rings. The highest BCUT2D eigenvalue weighted by Crippen LogP contribution is 2.41. The summed E-state index contributed by atoms with van der Waals surface area (Å²) in [6, 6.07) is 17.5. The standard InChI is InChI=1S/C16H15Br2N/c17-13-7-2-1-6-12(13)15-10-5-11-19(15)16-9-4-3-8-14(16)18/h1-4,6-9,15H,5,10-11H2. The van der Waals surface area contributed by atoms with E-state index in [1.54, 1.807) is 0 Å². The molecule has 0 spiro atoms. The highest BCUT2D eigenvalue weighted by molar-refractivity contribution is 9.11. The predicted octanol–water partition coefficient (Wildman–Crippen LogP) is 5.55. The number of rotatable bonds is 2. The van der Waals surface area contributed by atoms with E-state index in [1.807, 2.05) is 0 Å². The molecule has 1 nitrogen and oxygen atoms in total. The third-order valence-electron chi connectivity index (χ3n) is 3.68. The third-order valence-corrected chi connectivity index (χ3v) is 5.07. The Bertz CT molecular complexity index is 531.